The number of carboxylic acid groups (broad SMARTS) is 1. The molecule has 0 amide bonds. The molecular formula is C13H12O2. The Morgan fingerprint density at radius 2 is 1.93 bits per heavy atom. The second-order valence-corrected chi connectivity index (χ2v) is 3.59. The monoisotopic (exact) mass is 200 g/mol. The first-order valence-corrected chi connectivity index (χ1v) is 4.95. The Labute approximate surface area is 88.6 Å². The normalized spacial score (nSPS) is 17.9. The predicted octanol–water partition coefficient (Wildman–Crippen LogP) is 2.87. The summed E-state index contributed by atoms with van der Waals surface area (Å²) < 4.78 is 0. The lowest BCUT2D eigenvalue weighted by atomic mass is 10.1. The summed E-state index contributed by atoms with van der Waals surface area (Å²) >= 11 is 0. The van der Waals surface area contributed by atoms with Crippen molar-refractivity contribution in [1.82, 2.24) is 0 Å². The lowest BCUT2D eigenvalue weighted by Gasteiger charge is -1.98. The van der Waals surface area contributed by atoms with E-state index in [-0.39, 0.29) is 0 Å². The Morgan fingerprint density at radius 3 is 2.60 bits per heavy atom. The summed E-state index contributed by atoms with van der Waals surface area (Å²) in [6, 6.07) is 10.1. The molecule has 2 rings (SSSR count). The van der Waals surface area contributed by atoms with Crippen LogP contribution in [0.5, 0.6) is 0 Å². The number of carboxylic acids is 1. The van der Waals surface area contributed by atoms with Gasteiger partial charge in [0.1, 0.15) is 0 Å². The maximum atomic E-state index is 10.5. The summed E-state index contributed by atoms with van der Waals surface area (Å²) in [4.78, 5) is 10.5. The molecule has 0 atom stereocenters. The van der Waals surface area contributed by atoms with Gasteiger partial charge in [-0.05, 0) is 29.6 Å². The molecule has 1 aliphatic carbocycles. The Bertz CT molecular complexity index is 427. The Balaban J connectivity index is 2.24. The Hall–Kier alpha value is -1.83. The minimum atomic E-state index is -0.865. The van der Waals surface area contributed by atoms with Crippen LogP contribution in [-0.4, -0.2) is 11.1 Å². The largest absolute Gasteiger partial charge is 0.478 e. The van der Waals surface area contributed by atoms with Crippen LogP contribution in [0.1, 0.15) is 18.4 Å². The fourth-order valence-electron chi connectivity index (χ4n) is 1.80. The molecule has 0 unspecified atom stereocenters. The van der Waals surface area contributed by atoms with Gasteiger partial charge in [0.25, 0.3) is 0 Å². The van der Waals surface area contributed by atoms with Crippen molar-refractivity contribution in [2.75, 3.05) is 0 Å². The van der Waals surface area contributed by atoms with E-state index in [0.29, 0.717) is 0 Å². The van der Waals surface area contributed by atoms with Crippen molar-refractivity contribution in [3.05, 3.63) is 53.6 Å². The molecule has 0 saturated carbocycles. The van der Waals surface area contributed by atoms with Crippen LogP contribution in [0, 0.1) is 0 Å². The third-order valence-electron chi connectivity index (χ3n) is 2.50. The van der Waals surface area contributed by atoms with E-state index in [1.807, 2.05) is 24.3 Å². The lowest BCUT2D eigenvalue weighted by molar-refractivity contribution is -0.131. The van der Waals surface area contributed by atoms with E-state index in [2.05, 4.69) is 12.1 Å². The molecule has 0 heterocycles. The van der Waals surface area contributed by atoms with Crippen LogP contribution < -0.4 is 0 Å². The van der Waals surface area contributed by atoms with E-state index in [4.69, 9.17) is 5.11 Å². The average molecular weight is 200 g/mol. The molecule has 15 heavy (non-hydrogen) atoms. The van der Waals surface area contributed by atoms with Crippen LogP contribution in [0.2, 0.25) is 0 Å². The first-order chi connectivity index (χ1) is 7.25. The van der Waals surface area contributed by atoms with Gasteiger partial charge in [-0.3, -0.25) is 0 Å². The molecule has 0 fully saturated rings. The summed E-state index contributed by atoms with van der Waals surface area (Å²) in [6.45, 7) is 0. The van der Waals surface area contributed by atoms with Crippen LogP contribution >= 0.6 is 0 Å². The average Bonchev–Trinajstić information content (AvgIpc) is 2.67. The Kier molecular flexibility index (Phi) is 2.68. The zero-order valence-corrected chi connectivity index (χ0v) is 8.31. The zero-order chi connectivity index (χ0) is 10.7. The van der Waals surface area contributed by atoms with Gasteiger partial charge in [0.15, 0.2) is 0 Å². The van der Waals surface area contributed by atoms with Gasteiger partial charge in [-0.1, -0.05) is 36.4 Å². The topological polar surface area (TPSA) is 37.3 Å². The van der Waals surface area contributed by atoms with Crippen molar-refractivity contribution >= 4 is 11.5 Å². The van der Waals surface area contributed by atoms with Gasteiger partial charge in [0.2, 0.25) is 0 Å². The smallest absolute Gasteiger partial charge is 0.328 e. The summed E-state index contributed by atoms with van der Waals surface area (Å²) in [5, 5.41) is 8.63. The molecule has 1 aromatic rings. The molecular weight excluding hydrogens is 188 g/mol. The summed E-state index contributed by atoms with van der Waals surface area (Å²) in [7, 11) is 0. The molecule has 0 radical (unpaired) electrons. The highest BCUT2D eigenvalue weighted by Crippen LogP contribution is 2.30. The van der Waals surface area contributed by atoms with E-state index in [0.717, 1.165) is 18.4 Å². The van der Waals surface area contributed by atoms with Crippen LogP contribution in [0.15, 0.2) is 48.1 Å². The fourth-order valence-corrected chi connectivity index (χ4v) is 1.80. The second kappa shape index (κ2) is 4.13. The number of benzene rings is 1. The third kappa shape index (κ3) is 2.34. The second-order valence-electron chi connectivity index (χ2n) is 3.59. The molecule has 1 aliphatic rings. The van der Waals surface area contributed by atoms with Gasteiger partial charge < -0.3 is 5.11 Å². The standard InChI is InChI=1S/C13H12O2/c14-13(15)9-10-6-7-12(8-10)11-4-2-1-3-5-11/h1-5,8-9H,6-7H2,(H,14,15)/b10-9+. The molecule has 0 spiro atoms. The maximum Gasteiger partial charge on any atom is 0.328 e. The first kappa shape index (κ1) is 9.71. The third-order valence-corrected chi connectivity index (χ3v) is 2.50. The minimum Gasteiger partial charge on any atom is -0.478 e. The van der Waals surface area contributed by atoms with E-state index in [1.165, 1.54) is 17.2 Å². The van der Waals surface area contributed by atoms with Gasteiger partial charge in [-0.2, -0.15) is 0 Å². The molecule has 2 heteroatoms. The highest BCUT2D eigenvalue weighted by molar-refractivity contribution is 5.83. The summed E-state index contributed by atoms with van der Waals surface area (Å²) in [5.41, 5.74) is 3.32. The number of hydrogen-bond donors (Lipinski definition) is 1. The zero-order valence-electron chi connectivity index (χ0n) is 8.31. The van der Waals surface area contributed by atoms with Crippen LogP contribution in [0.4, 0.5) is 0 Å². The number of rotatable bonds is 2. The summed E-state index contributed by atoms with van der Waals surface area (Å²) in [5.74, 6) is -0.865. The molecule has 2 nitrogen and oxygen atoms in total. The van der Waals surface area contributed by atoms with E-state index < -0.39 is 5.97 Å². The van der Waals surface area contributed by atoms with Gasteiger partial charge in [-0.15, -0.1) is 0 Å². The molecule has 1 aromatic carbocycles. The molecule has 0 saturated heterocycles. The van der Waals surface area contributed by atoms with Crippen LogP contribution in [-0.2, 0) is 4.79 Å². The molecule has 0 aromatic heterocycles. The first-order valence-electron chi connectivity index (χ1n) is 4.95. The quantitative estimate of drug-likeness (QED) is 0.745. The van der Waals surface area contributed by atoms with Gasteiger partial charge in [0, 0.05) is 6.08 Å². The lowest BCUT2D eigenvalue weighted by Crippen LogP contribution is -1.88. The number of allylic oxidation sites excluding steroid dienone is 3. The van der Waals surface area contributed by atoms with E-state index >= 15 is 0 Å². The molecule has 76 valence electrons. The fraction of sp³-hybridized carbons (Fsp3) is 0.154. The molecule has 0 aliphatic heterocycles. The number of carbonyl (C=O) groups is 1. The van der Waals surface area contributed by atoms with Crippen molar-refractivity contribution in [2.24, 2.45) is 0 Å². The van der Waals surface area contributed by atoms with Crippen molar-refractivity contribution in [1.29, 1.82) is 0 Å². The minimum absolute atomic E-state index is 0.830. The van der Waals surface area contributed by atoms with Crippen LogP contribution in [0.25, 0.3) is 5.57 Å². The van der Waals surface area contributed by atoms with Crippen molar-refractivity contribution < 1.29 is 9.90 Å². The van der Waals surface area contributed by atoms with Gasteiger partial charge in [-0.25, -0.2) is 4.79 Å². The number of aliphatic carboxylic acids is 1. The SMILES string of the molecule is O=C(O)/C=C1/C=C(c2ccccc2)CC1. The van der Waals surface area contributed by atoms with Crippen molar-refractivity contribution in [2.45, 2.75) is 12.8 Å². The summed E-state index contributed by atoms with van der Waals surface area (Å²) in [6.07, 6.45) is 5.03. The highest BCUT2D eigenvalue weighted by Gasteiger charge is 2.11. The number of hydrogen-bond acceptors (Lipinski definition) is 1. The highest BCUT2D eigenvalue weighted by atomic mass is 16.4. The molecule has 0 bridgehead atoms. The van der Waals surface area contributed by atoms with Crippen molar-refractivity contribution in [3.63, 3.8) is 0 Å². The van der Waals surface area contributed by atoms with Gasteiger partial charge in [0.05, 0.1) is 0 Å². The van der Waals surface area contributed by atoms with Crippen LogP contribution in [0.3, 0.4) is 0 Å². The van der Waals surface area contributed by atoms with Gasteiger partial charge >= 0.3 is 5.97 Å². The maximum absolute atomic E-state index is 10.5. The van der Waals surface area contributed by atoms with Crippen molar-refractivity contribution in [3.8, 4) is 0 Å². The van der Waals surface area contributed by atoms with E-state index in [9.17, 15) is 4.79 Å². The predicted molar refractivity (Wildman–Crippen MR) is 59.4 cm³/mol. The molecule has 1 N–H and O–H groups in total. The van der Waals surface area contributed by atoms with E-state index in [1.54, 1.807) is 0 Å². The Morgan fingerprint density at radius 1 is 1.20 bits per heavy atom.